The number of epoxide rings is 1. The van der Waals surface area contributed by atoms with Crippen LogP contribution in [-0.4, -0.2) is 42.9 Å². The number of ether oxygens (including phenoxy) is 2. The van der Waals surface area contributed by atoms with Crippen molar-refractivity contribution in [3.63, 3.8) is 0 Å². The lowest BCUT2D eigenvalue weighted by atomic mass is 10.2. The monoisotopic (exact) mass is 157 g/mol. The molecular weight excluding hydrogens is 146 g/mol. The van der Waals surface area contributed by atoms with Crippen molar-refractivity contribution in [2.45, 2.75) is 12.5 Å². The molecule has 4 heteroatoms. The molecule has 0 N–H and O–H groups in total. The highest BCUT2D eigenvalue weighted by Gasteiger charge is 2.43. The molecule has 0 spiro atoms. The lowest BCUT2D eigenvalue weighted by Crippen LogP contribution is -2.33. The van der Waals surface area contributed by atoms with E-state index in [2.05, 4.69) is 0 Å². The maximum Gasteiger partial charge on any atom is 0.410 e. The van der Waals surface area contributed by atoms with E-state index in [1.165, 1.54) is 0 Å². The highest BCUT2D eigenvalue weighted by atomic mass is 16.6. The van der Waals surface area contributed by atoms with E-state index in [0.717, 1.165) is 6.61 Å². The Morgan fingerprint density at radius 3 is 2.91 bits per heavy atom. The van der Waals surface area contributed by atoms with Crippen molar-refractivity contribution in [2.24, 2.45) is 0 Å². The number of nitrogens with zero attached hydrogens (tertiary/aromatic N) is 1. The van der Waals surface area contributed by atoms with Crippen molar-refractivity contribution in [1.29, 1.82) is 0 Å². The molecule has 1 atom stereocenters. The van der Waals surface area contributed by atoms with Crippen LogP contribution >= 0.6 is 0 Å². The summed E-state index contributed by atoms with van der Waals surface area (Å²) >= 11 is 0. The molecule has 2 saturated heterocycles. The van der Waals surface area contributed by atoms with Crippen LogP contribution in [0.3, 0.4) is 0 Å². The summed E-state index contributed by atoms with van der Waals surface area (Å²) in [4.78, 5) is 12.6. The van der Waals surface area contributed by atoms with Gasteiger partial charge in [0, 0.05) is 0 Å². The van der Waals surface area contributed by atoms with Crippen molar-refractivity contribution in [3.05, 3.63) is 0 Å². The van der Waals surface area contributed by atoms with E-state index in [1.807, 2.05) is 6.92 Å². The number of hydrogen-bond acceptors (Lipinski definition) is 3. The van der Waals surface area contributed by atoms with Gasteiger partial charge in [0.2, 0.25) is 0 Å². The second-order valence-corrected chi connectivity index (χ2v) is 3.27. The third-order valence-corrected chi connectivity index (χ3v) is 2.01. The van der Waals surface area contributed by atoms with Crippen LogP contribution < -0.4 is 0 Å². The lowest BCUT2D eigenvalue weighted by Gasteiger charge is -2.14. The third-order valence-electron chi connectivity index (χ3n) is 2.01. The summed E-state index contributed by atoms with van der Waals surface area (Å²) in [6, 6.07) is 0. The molecule has 1 unspecified atom stereocenters. The third kappa shape index (κ3) is 1.30. The van der Waals surface area contributed by atoms with Crippen LogP contribution in [0.2, 0.25) is 0 Å². The van der Waals surface area contributed by atoms with Gasteiger partial charge in [0.25, 0.3) is 0 Å². The Bertz CT molecular complexity index is 188. The summed E-state index contributed by atoms with van der Waals surface area (Å²) in [5, 5.41) is 0. The van der Waals surface area contributed by atoms with E-state index >= 15 is 0 Å². The molecule has 11 heavy (non-hydrogen) atoms. The molecule has 0 aromatic carbocycles. The van der Waals surface area contributed by atoms with Gasteiger partial charge in [-0.05, 0) is 6.92 Å². The van der Waals surface area contributed by atoms with Crippen LogP contribution in [-0.2, 0) is 9.47 Å². The maximum absolute atomic E-state index is 10.9. The largest absolute Gasteiger partial charge is 0.448 e. The molecule has 2 aliphatic rings. The molecule has 0 bridgehead atoms. The first kappa shape index (κ1) is 6.91. The minimum absolute atomic E-state index is 0.0800. The van der Waals surface area contributed by atoms with Crippen LogP contribution in [0.25, 0.3) is 0 Å². The van der Waals surface area contributed by atoms with Gasteiger partial charge in [-0.15, -0.1) is 0 Å². The van der Waals surface area contributed by atoms with Gasteiger partial charge in [0.15, 0.2) is 0 Å². The normalized spacial score (nSPS) is 35.7. The Morgan fingerprint density at radius 1 is 1.73 bits per heavy atom. The van der Waals surface area contributed by atoms with Crippen molar-refractivity contribution in [1.82, 2.24) is 4.90 Å². The average Bonchev–Trinajstić information content (AvgIpc) is 2.54. The average molecular weight is 157 g/mol. The minimum Gasteiger partial charge on any atom is -0.448 e. The first-order chi connectivity index (χ1) is 5.20. The van der Waals surface area contributed by atoms with E-state index < -0.39 is 0 Å². The second-order valence-electron chi connectivity index (χ2n) is 3.27. The Balaban J connectivity index is 1.90. The fraction of sp³-hybridized carbons (Fsp3) is 0.857. The van der Waals surface area contributed by atoms with Crippen LogP contribution in [0.4, 0.5) is 4.79 Å². The van der Waals surface area contributed by atoms with Gasteiger partial charge in [-0.1, -0.05) is 0 Å². The molecular formula is C7H11NO3. The summed E-state index contributed by atoms with van der Waals surface area (Å²) in [6.07, 6.45) is -0.207. The molecule has 0 saturated carbocycles. The molecule has 0 aromatic heterocycles. The van der Waals surface area contributed by atoms with Gasteiger partial charge in [-0.3, -0.25) is 0 Å². The molecule has 2 rings (SSSR count). The predicted octanol–water partition coefficient (Wildman–Crippen LogP) is 0.228. The number of carbonyl (C=O) groups excluding carboxylic acids is 1. The van der Waals surface area contributed by atoms with Gasteiger partial charge in [-0.25, -0.2) is 4.79 Å². The van der Waals surface area contributed by atoms with Crippen LogP contribution in [0.15, 0.2) is 0 Å². The zero-order valence-corrected chi connectivity index (χ0v) is 6.50. The molecule has 0 aromatic rings. The van der Waals surface area contributed by atoms with E-state index in [9.17, 15) is 4.79 Å². The number of amides is 1. The first-order valence-electron chi connectivity index (χ1n) is 3.75. The van der Waals surface area contributed by atoms with E-state index in [-0.39, 0.29) is 11.7 Å². The zero-order valence-electron chi connectivity index (χ0n) is 6.50. The summed E-state index contributed by atoms with van der Waals surface area (Å²) in [6.45, 7) is 4.66. The predicted molar refractivity (Wildman–Crippen MR) is 37.3 cm³/mol. The second kappa shape index (κ2) is 2.11. The summed E-state index contributed by atoms with van der Waals surface area (Å²) < 4.78 is 9.93. The fourth-order valence-corrected chi connectivity index (χ4v) is 1.19. The van der Waals surface area contributed by atoms with E-state index in [0.29, 0.717) is 19.7 Å². The molecule has 1 amide bonds. The summed E-state index contributed by atoms with van der Waals surface area (Å²) in [7, 11) is 0. The fourth-order valence-electron chi connectivity index (χ4n) is 1.19. The molecule has 4 nitrogen and oxygen atoms in total. The zero-order chi connectivity index (χ0) is 7.90. The van der Waals surface area contributed by atoms with E-state index in [1.54, 1.807) is 4.90 Å². The summed E-state index contributed by atoms with van der Waals surface area (Å²) in [5.41, 5.74) is -0.0800. The SMILES string of the molecule is CC1(CN2CCOC2=O)CO1. The van der Waals surface area contributed by atoms with Crippen LogP contribution in [0.5, 0.6) is 0 Å². The van der Waals surface area contributed by atoms with E-state index in [4.69, 9.17) is 9.47 Å². The summed E-state index contributed by atoms with van der Waals surface area (Å²) in [5.74, 6) is 0. The Labute approximate surface area is 65.1 Å². The highest BCUT2D eigenvalue weighted by molar-refractivity contribution is 5.69. The molecule has 0 aliphatic carbocycles. The Morgan fingerprint density at radius 2 is 2.45 bits per heavy atom. The Kier molecular flexibility index (Phi) is 1.32. The molecule has 0 radical (unpaired) electrons. The quantitative estimate of drug-likeness (QED) is 0.539. The van der Waals surface area contributed by atoms with Crippen molar-refractivity contribution in [3.8, 4) is 0 Å². The maximum atomic E-state index is 10.9. The number of hydrogen-bond donors (Lipinski definition) is 0. The van der Waals surface area contributed by atoms with Gasteiger partial charge >= 0.3 is 6.09 Å². The van der Waals surface area contributed by atoms with Gasteiger partial charge in [0.05, 0.1) is 19.7 Å². The number of rotatable bonds is 2. The van der Waals surface area contributed by atoms with Gasteiger partial charge in [-0.2, -0.15) is 0 Å². The topological polar surface area (TPSA) is 42.1 Å². The van der Waals surface area contributed by atoms with Crippen molar-refractivity contribution >= 4 is 6.09 Å². The van der Waals surface area contributed by atoms with Gasteiger partial charge in [0.1, 0.15) is 12.2 Å². The van der Waals surface area contributed by atoms with Gasteiger partial charge < -0.3 is 14.4 Å². The highest BCUT2D eigenvalue weighted by Crippen LogP contribution is 2.27. The van der Waals surface area contributed by atoms with Crippen molar-refractivity contribution in [2.75, 3.05) is 26.3 Å². The van der Waals surface area contributed by atoms with Crippen LogP contribution in [0.1, 0.15) is 6.92 Å². The smallest absolute Gasteiger partial charge is 0.410 e. The standard InChI is InChI=1S/C7H11NO3/c1-7(5-11-7)4-8-2-3-10-6(8)9/h2-5H2,1H3. The molecule has 2 aliphatic heterocycles. The Hall–Kier alpha value is -0.770. The molecule has 2 fully saturated rings. The first-order valence-corrected chi connectivity index (χ1v) is 3.75. The lowest BCUT2D eigenvalue weighted by molar-refractivity contribution is 0.150. The van der Waals surface area contributed by atoms with Crippen LogP contribution in [0, 0.1) is 0 Å². The van der Waals surface area contributed by atoms with Crippen molar-refractivity contribution < 1.29 is 14.3 Å². The number of cyclic esters (lactones) is 1. The molecule has 2 heterocycles. The minimum atomic E-state index is -0.207. The molecule has 62 valence electrons. The number of carbonyl (C=O) groups is 1.